The van der Waals surface area contributed by atoms with E-state index in [1.54, 1.807) is 0 Å². The molecule has 145 valence electrons. The third-order valence-corrected chi connectivity index (χ3v) is 6.37. The normalized spacial score (nSPS) is 11.1. The van der Waals surface area contributed by atoms with Crippen LogP contribution in [0, 0.1) is 6.07 Å². The van der Waals surface area contributed by atoms with Crippen LogP contribution in [0.4, 0.5) is 0 Å². The molecular formula is C26H20IrNS-. The van der Waals surface area contributed by atoms with Gasteiger partial charge in [0.15, 0.2) is 0 Å². The largest absolute Gasteiger partial charge is 0.305 e. The standard InChI is InChI=1S/C26H20NS.Ir/c1-17(2)19-12-13-27-24(15-19)21-8-10-22-23-14-20(18-6-4-3-5-7-18)9-11-25(23)28-26(22)16-21;/h3-7,9-17H,1-2H3;/q-1;. The van der Waals surface area contributed by atoms with E-state index in [1.807, 2.05) is 17.5 Å². The molecule has 0 unspecified atom stereocenters. The summed E-state index contributed by atoms with van der Waals surface area (Å²) in [4.78, 5) is 4.58. The summed E-state index contributed by atoms with van der Waals surface area (Å²) in [5.74, 6) is 0.492. The van der Waals surface area contributed by atoms with Crippen LogP contribution in [-0.4, -0.2) is 4.98 Å². The summed E-state index contributed by atoms with van der Waals surface area (Å²) in [6.45, 7) is 4.42. The van der Waals surface area contributed by atoms with E-state index >= 15 is 0 Å². The van der Waals surface area contributed by atoms with Crippen LogP contribution in [0.3, 0.4) is 0 Å². The summed E-state index contributed by atoms with van der Waals surface area (Å²) in [6, 6.07) is 29.4. The van der Waals surface area contributed by atoms with Crippen LogP contribution in [0.25, 0.3) is 42.6 Å². The molecular weight excluding hydrogens is 551 g/mol. The Hall–Kier alpha value is -2.32. The first kappa shape index (κ1) is 20.0. The van der Waals surface area contributed by atoms with Gasteiger partial charge in [0.2, 0.25) is 0 Å². The zero-order valence-corrected chi connectivity index (χ0v) is 19.5. The van der Waals surface area contributed by atoms with Gasteiger partial charge in [-0.15, -0.1) is 23.8 Å². The Morgan fingerprint density at radius 3 is 2.45 bits per heavy atom. The van der Waals surface area contributed by atoms with E-state index < -0.39 is 0 Å². The van der Waals surface area contributed by atoms with Gasteiger partial charge in [-0.05, 0) is 45.0 Å². The average Bonchev–Trinajstić information content (AvgIpc) is 3.11. The summed E-state index contributed by atoms with van der Waals surface area (Å²) in [6.07, 6.45) is 1.90. The molecule has 5 rings (SSSR count). The van der Waals surface area contributed by atoms with Crippen LogP contribution in [0.15, 0.2) is 79.0 Å². The molecule has 1 radical (unpaired) electrons. The molecule has 2 heterocycles. The van der Waals surface area contributed by atoms with Gasteiger partial charge in [-0.25, -0.2) is 0 Å². The Morgan fingerprint density at radius 2 is 1.66 bits per heavy atom. The van der Waals surface area contributed by atoms with E-state index in [0.717, 1.165) is 11.3 Å². The molecule has 0 N–H and O–H groups in total. The van der Waals surface area contributed by atoms with Crippen LogP contribution < -0.4 is 0 Å². The molecule has 2 aromatic heterocycles. The second-order valence-corrected chi connectivity index (χ2v) is 8.52. The summed E-state index contributed by atoms with van der Waals surface area (Å²) < 4.78 is 2.59. The third-order valence-electron chi connectivity index (χ3n) is 5.24. The Bertz CT molecular complexity index is 1290. The molecule has 0 saturated carbocycles. The number of aromatic nitrogens is 1. The van der Waals surface area contributed by atoms with E-state index in [1.165, 1.54) is 36.9 Å². The van der Waals surface area contributed by atoms with Gasteiger partial charge in [0.25, 0.3) is 0 Å². The monoisotopic (exact) mass is 571 g/mol. The molecule has 0 amide bonds. The molecule has 0 aliphatic heterocycles. The molecule has 0 spiro atoms. The van der Waals surface area contributed by atoms with E-state index in [0.29, 0.717) is 5.92 Å². The van der Waals surface area contributed by atoms with E-state index in [4.69, 9.17) is 0 Å². The van der Waals surface area contributed by atoms with Gasteiger partial charge < -0.3 is 4.98 Å². The Balaban J connectivity index is 0.00000205. The fourth-order valence-electron chi connectivity index (χ4n) is 3.63. The predicted octanol–water partition coefficient (Wildman–Crippen LogP) is 7.70. The predicted molar refractivity (Wildman–Crippen MR) is 121 cm³/mol. The third kappa shape index (κ3) is 3.78. The first-order valence-electron chi connectivity index (χ1n) is 9.59. The zero-order valence-electron chi connectivity index (χ0n) is 16.3. The number of thiophene rings is 1. The molecule has 0 aliphatic carbocycles. The van der Waals surface area contributed by atoms with Crippen molar-refractivity contribution in [2.75, 3.05) is 0 Å². The van der Waals surface area contributed by atoms with Crippen molar-refractivity contribution in [1.82, 2.24) is 4.98 Å². The fourth-order valence-corrected chi connectivity index (χ4v) is 4.73. The molecule has 1 nitrogen and oxygen atoms in total. The van der Waals surface area contributed by atoms with E-state index in [-0.39, 0.29) is 20.1 Å². The Kier molecular flexibility index (Phi) is 5.65. The van der Waals surface area contributed by atoms with Gasteiger partial charge in [-0.1, -0.05) is 73.3 Å². The van der Waals surface area contributed by atoms with E-state index in [2.05, 4.69) is 97.7 Å². The van der Waals surface area contributed by atoms with Crippen molar-refractivity contribution in [2.45, 2.75) is 19.8 Å². The van der Waals surface area contributed by atoms with Gasteiger partial charge in [0.05, 0.1) is 0 Å². The van der Waals surface area contributed by atoms with Crippen molar-refractivity contribution in [3.63, 3.8) is 0 Å². The smallest absolute Gasteiger partial charge is 0.0246 e. The average molecular weight is 571 g/mol. The number of rotatable bonds is 3. The summed E-state index contributed by atoms with van der Waals surface area (Å²) >= 11 is 1.84. The van der Waals surface area contributed by atoms with Gasteiger partial charge in [-0.3, -0.25) is 0 Å². The number of benzene rings is 3. The maximum absolute atomic E-state index is 4.58. The topological polar surface area (TPSA) is 12.9 Å². The first-order chi connectivity index (χ1) is 13.7. The number of fused-ring (bicyclic) bond motifs is 3. The summed E-state index contributed by atoms with van der Waals surface area (Å²) in [5, 5.41) is 2.56. The van der Waals surface area contributed by atoms with Crippen LogP contribution in [-0.2, 0) is 20.1 Å². The van der Waals surface area contributed by atoms with Crippen LogP contribution >= 0.6 is 11.3 Å². The van der Waals surface area contributed by atoms with Crippen LogP contribution in [0.2, 0.25) is 0 Å². The van der Waals surface area contributed by atoms with Crippen molar-refractivity contribution >= 4 is 31.5 Å². The van der Waals surface area contributed by atoms with Crippen molar-refractivity contribution in [3.05, 3.63) is 90.6 Å². The second-order valence-electron chi connectivity index (χ2n) is 7.43. The Morgan fingerprint density at radius 1 is 0.828 bits per heavy atom. The molecule has 0 atom stereocenters. The number of hydrogen-bond donors (Lipinski definition) is 0. The van der Waals surface area contributed by atoms with Crippen molar-refractivity contribution in [1.29, 1.82) is 0 Å². The number of nitrogens with zero attached hydrogens (tertiary/aromatic N) is 1. The minimum absolute atomic E-state index is 0. The van der Waals surface area contributed by atoms with Crippen molar-refractivity contribution in [3.8, 4) is 22.4 Å². The van der Waals surface area contributed by atoms with Gasteiger partial charge >= 0.3 is 0 Å². The summed E-state index contributed by atoms with van der Waals surface area (Å²) in [5.41, 5.74) is 5.87. The number of pyridine rings is 1. The van der Waals surface area contributed by atoms with Gasteiger partial charge in [-0.2, -0.15) is 11.3 Å². The van der Waals surface area contributed by atoms with Crippen LogP contribution in [0.1, 0.15) is 25.3 Å². The molecule has 0 fully saturated rings. The zero-order chi connectivity index (χ0) is 19.1. The maximum atomic E-state index is 4.58. The second kappa shape index (κ2) is 8.20. The van der Waals surface area contributed by atoms with Crippen molar-refractivity contribution < 1.29 is 20.1 Å². The van der Waals surface area contributed by atoms with Gasteiger partial charge in [0, 0.05) is 31.0 Å². The first-order valence-corrected chi connectivity index (χ1v) is 10.4. The molecule has 5 aromatic rings. The fraction of sp³-hybridized carbons (Fsp3) is 0.115. The Labute approximate surface area is 188 Å². The minimum atomic E-state index is 0. The van der Waals surface area contributed by atoms with Gasteiger partial charge in [0.1, 0.15) is 0 Å². The SMILES string of the molecule is CC(C)c1ccnc(-c2[c-]cc3c(c2)sc2ccc(-c4ccccc4)cc23)c1.[Ir]. The maximum Gasteiger partial charge on any atom is 0.0246 e. The molecule has 0 bridgehead atoms. The minimum Gasteiger partial charge on any atom is -0.305 e. The molecule has 3 aromatic carbocycles. The summed E-state index contributed by atoms with van der Waals surface area (Å²) in [7, 11) is 0. The molecule has 3 heteroatoms. The van der Waals surface area contributed by atoms with E-state index in [9.17, 15) is 0 Å². The molecule has 0 aliphatic rings. The van der Waals surface area contributed by atoms with Crippen molar-refractivity contribution in [2.24, 2.45) is 0 Å². The quantitative estimate of drug-likeness (QED) is 0.203. The molecule has 29 heavy (non-hydrogen) atoms. The molecule has 0 saturated heterocycles. The number of hydrogen-bond acceptors (Lipinski definition) is 2. The van der Waals surface area contributed by atoms with Crippen LogP contribution in [0.5, 0.6) is 0 Å².